The molecule has 0 fully saturated rings. The highest BCUT2D eigenvalue weighted by Gasteiger charge is 2.10. The summed E-state index contributed by atoms with van der Waals surface area (Å²) in [6.45, 7) is 0.556. The number of carbonyl (C=O) groups excluding carboxylic acids is 2. The molecule has 26 heavy (non-hydrogen) atoms. The van der Waals surface area contributed by atoms with E-state index in [1.165, 1.54) is 26.4 Å². The summed E-state index contributed by atoms with van der Waals surface area (Å²) in [5, 5.41) is 5.41. The average molecular weight is 360 g/mol. The van der Waals surface area contributed by atoms with E-state index in [0.717, 1.165) is 5.56 Å². The van der Waals surface area contributed by atoms with Gasteiger partial charge in [-0.15, -0.1) is 0 Å². The van der Waals surface area contributed by atoms with E-state index in [-0.39, 0.29) is 37.1 Å². The lowest BCUT2D eigenvalue weighted by atomic mass is 10.1. The molecule has 0 atom stereocenters. The monoisotopic (exact) mass is 360 g/mol. The van der Waals surface area contributed by atoms with Crippen molar-refractivity contribution in [3.8, 4) is 11.5 Å². The molecule has 0 aliphatic carbocycles. The van der Waals surface area contributed by atoms with Gasteiger partial charge in [0.25, 0.3) is 5.91 Å². The first kappa shape index (κ1) is 19.2. The van der Waals surface area contributed by atoms with E-state index in [4.69, 9.17) is 9.47 Å². The number of amides is 2. The highest BCUT2D eigenvalue weighted by Crippen LogP contribution is 2.22. The van der Waals surface area contributed by atoms with Gasteiger partial charge in [-0.1, -0.05) is 12.1 Å². The maximum Gasteiger partial charge on any atom is 0.251 e. The van der Waals surface area contributed by atoms with Crippen molar-refractivity contribution >= 4 is 11.8 Å². The number of hydrogen-bond acceptors (Lipinski definition) is 4. The van der Waals surface area contributed by atoms with Crippen LogP contribution in [0.2, 0.25) is 0 Å². The summed E-state index contributed by atoms with van der Waals surface area (Å²) < 4.78 is 23.1. The lowest BCUT2D eigenvalue weighted by molar-refractivity contribution is -0.120. The number of rotatable bonds is 8. The summed E-state index contributed by atoms with van der Waals surface area (Å²) in [7, 11) is 3.01. The molecule has 2 N–H and O–H groups in total. The van der Waals surface area contributed by atoms with Crippen molar-refractivity contribution in [3.05, 3.63) is 59.4 Å². The molecule has 0 saturated carbocycles. The lowest BCUT2D eigenvalue weighted by Gasteiger charge is -2.10. The maximum absolute atomic E-state index is 12.8. The summed E-state index contributed by atoms with van der Waals surface area (Å²) in [6.07, 6.45) is 0.154. The predicted octanol–water partition coefficient (Wildman–Crippen LogP) is 1.93. The van der Waals surface area contributed by atoms with Crippen LogP contribution in [-0.2, 0) is 11.2 Å². The third-order valence-corrected chi connectivity index (χ3v) is 3.62. The molecule has 0 unspecified atom stereocenters. The van der Waals surface area contributed by atoms with Crippen LogP contribution in [-0.4, -0.2) is 39.1 Å². The van der Waals surface area contributed by atoms with Crippen LogP contribution in [0.5, 0.6) is 11.5 Å². The van der Waals surface area contributed by atoms with Gasteiger partial charge in [0, 0.05) is 24.7 Å². The zero-order chi connectivity index (χ0) is 18.9. The zero-order valence-corrected chi connectivity index (χ0v) is 14.7. The van der Waals surface area contributed by atoms with Crippen LogP contribution in [0.4, 0.5) is 4.39 Å². The number of benzene rings is 2. The molecular formula is C19H21FN2O4. The first-order valence-electron chi connectivity index (χ1n) is 8.04. The first-order valence-corrected chi connectivity index (χ1v) is 8.04. The molecule has 0 spiro atoms. The van der Waals surface area contributed by atoms with Crippen LogP contribution >= 0.6 is 0 Å². The van der Waals surface area contributed by atoms with Crippen LogP contribution in [0, 0.1) is 5.82 Å². The van der Waals surface area contributed by atoms with Gasteiger partial charge < -0.3 is 20.1 Å². The zero-order valence-electron chi connectivity index (χ0n) is 14.7. The quantitative estimate of drug-likeness (QED) is 0.706. The van der Waals surface area contributed by atoms with Crippen LogP contribution in [0.3, 0.4) is 0 Å². The van der Waals surface area contributed by atoms with E-state index in [2.05, 4.69) is 10.6 Å². The largest absolute Gasteiger partial charge is 0.497 e. The van der Waals surface area contributed by atoms with E-state index in [0.29, 0.717) is 17.1 Å². The minimum absolute atomic E-state index is 0.154. The van der Waals surface area contributed by atoms with E-state index < -0.39 is 0 Å². The van der Waals surface area contributed by atoms with Gasteiger partial charge in [-0.05, 0) is 29.8 Å². The number of halogens is 1. The van der Waals surface area contributed by atoms with Crippen molar-refractivity contribution in [3.63, 3.8) is 0 Å². The topological polar surface area (TPSA) is 76.7 Å². The summed E-state index contributed by atoms with van der Waals surface area (Å²) in [6, 6.07) is 10.6. The lowest BCUT2D eigenvalue weighted by Crippen LogP contribution is -2.35. The fourth-order valence-electron chi connectivity index (χ4n) is 2.27. The molecule has 2 aromatic rings. The Kier molecular flexibility index (Phi) is 6.96. The molecule has 0 aliphatic heterocycles. The third-order valence-electron chi connectivity index (χ3n) is 3.62. The Morgan fingerprint density at radius 2 is 1.50 bits per heavy atom. The van der Waals surface area contributed by atoms with Gasteiger partial charge in [-0.2, -0.15) is 0 Å². The van der Waals surface area contributed by atoms with Gasteiger partial charge in [0.15, 0.2) is 0 Å². The van der Waals surface area contributed by atoms with Gasteiger partial charge in [0.2, 0.25) is 5.91 Å². The second-order valence-electron chi connectivity index (χ2n) is 5.51. The second-order valence-corrected chi connectivity index (χ2v) is 5.51. The molecule has 0 radical (unpaired) electrons. The molecule has 0 bridgehead atoms. The smallest absolute Gasteiger partial charge is 0.251 e. The molecule has 2 rings (SSSR count). The highest BCUT2D eigenvalue weighted by molar-refractivity contribution is 5.95. The Balaban J connectivity index is 1.77. The maximum atomic E-state index is 12.8. The fraction of sp³-hybridized carbons (Fsp3) is 0.263. The predicted molar refractivity (Wildman–Crippen MR) is 95.0 cm³/mol. The SMILES string of the molecule is COc1cc(OC)cc(C(=O)NCCNC(=O)Cc2ccc(F)cc2)c1. The summed E-state index contributed by atoms with van der Waals surface area (Å²) >= 11 is 0. The number of methoxy groups -OCH3 is 2. The second kappa shape index (κ2) is 9.41. The number of ether oxygens (including phenoxy) is 2. The number of hydrogen-bond donors (Lipinski definition) is 2. The van der Waals surface area contributed by atoms with E-state index in [9.17, 15) is 14.0 Å². The number of nitrogens with one attached hydrogen (secondary N) is 2. The number of carbonyl (C=O) groups is 2. The molecule has 138 valence electrons. The van der Waals surface area contributed by atoms with Crippen molar-refractivity contribution in [2.75, 3.05) is 27.3 Å². The van der Waals surface area contributed by atoms with E-state index in [1.807, 2.05) is 0 Å². The standard InChI is InChI=1S/C19H21FN2O4/c1-25-16-10-14(11-17(12-16)26-2)19(24)22-8-7-21-18(23)9-13-3-5-15(20)6-4-13/h3-6,10-12H,7-9H2,1-2H3,(H,21,23)(H,22,24). The molecule has 2 aromatic carbocycles. The van der Waals surface area contributed by atoms with Crippen LogP contribution in [0.1, 0.15) is 15.9 Å². The molecule has 0 heterocycles. The molecule has 0 aliphatic rings. The minimum atomic E-state index is -0.342. The van der Waals surface area contributed by atoms with Crippen molar-refractivity contribution in [2.24, 2.45) is 0 Å². The van der Waals surface area contributed by atoms with E-state index >= 15 is 0 Å². The summed E-state index contributed by atoms with van der Waals surface area (Å²) in [5.41, 5.74) is 1.12. The third kappa shape index (κ3) is 5.77. The molecular weight excluding hydrogens is 339 g/mol. The van der Waals surface area contributed by atoms with Gasteiger partial charge in [-0.3, -0.25) is 9.59 Å². The molecule has 0 saturated heterocycles. The Morgan fingerprint density at radius 1 is 0.923 bits per heavy atom. The van der Waals surface area contributed by atoms with Crippen LogP contribution in [0.15, 0.2) is 42.5 Å². The van der Waals surface area contributed by atoms with Crippen molar-refractivity contribution in [2.45, 2.75) is 6.42 Å². The minimum Gasteiger partial charge on any atom is -0.497 e. The van der Waals surface area contributed by atoms with E-state index in [1.54, 1.807) is 30.3 Å². The Bertz CT molecular complexity index is 740. The highest BCUT2D eigenvalue weighted by atomic mass is 19.1. The Morgan fingerprint density at radius 3 is 2.08 bits per heavy atom. The van der Waals surface area contributed by atoms with Gasteiger partial charge >= 0.3 is 0 Å². The average Bonchev–Trinajstić information content (AvgIpc) is 2.66. The van der Waals surface area contributed by atoms with Crippen LogP contribution < -0.4 is 20.1 Å². The van der Waals surface area contributed by atoms with Crippen molar-refractivity contribution < 1.29 is 23.5 Å². The summed E-state index contributed by atoms with van der Waals surface area (Å²) in [4.78, 5) is 24.0. The summed E-state index contributed by atoms with van der Waals surface area (Å²) in [5.74, 6) is 0.194. The van der Waals surface area contributed by atoms with Crippen LogP contribution in [0.25, 0.3) is 0 Å². The molecule has 7 heteroatoms. The Labute approximate surface area is 151 Å². The fourth-order valence-corrected chi connectivity index (χ4v) is 2.27. The van der Waals surface area contributed by atoms with Gasteiger partial charge in [0.05, 0.1) is 20.6 Å². The van der Waals surface area contributed by atoms with Gasteiger partial charge in [0.1, 0.15) is 17.3 Å². The Hall–Kier alpha value is -3.09. The normalized spacial score (nSPS) is 10.1. The molecule has 2 amide bonds. The van der Waals surface area contributed by atoms with Gasteiger partial charge in [-0.25, -0.2) is 4.39 Å². The molecule has 6 nitrogen and oxygen atoms in total. The van der Waals surface area contributed by atoms with Crippen molar-refractivity contribution in [1.29, 1.82) is 0 Å². The van der Waals surface area contributed by atoms with Crippen molar-refractivity contribution in [1.82, 2.24) is 10.6 Å². The first-order chi connectivity index (χ1) is 12.5. The molecule has 0 aromatic heterocycles.